The number of hydrogen-bond acceptors (Lipinski definition) is 7. The maximum absolute atomic E-state index is 14.6. The monoisotopic (exact) mass is 580 g/mol. The van der Waals surface area contributed by atoms with Gasteiger partial charge in [0.05, 0.1) is 22.4 Å². The average molecular weight is 581 g/mol. The van der Waals surface area contributed by atoms with Gasteiger partial charge in [-0.25, -0.2) is 9.37 Å². The van der Waals surface area contributed by atoms with Crippen LogP contribution in [0.15, 0.2) is 34.9 Å². The van der Waals surface area contributed by atoms with Crippen molar-refractivity contribution in [2.45, 2.75) is 70.2 Å². The SMILES string of the molecule is Cc1cccc(Cl)c1-c1noc(C2CC2)c1COC1C2C[C@H](C)C1CC(O)(c1nc3c(F)cc(C=O)cc3s1)C2. The Bertz CT molecular complexity index is 1610. The van der Waals surface area contributed by atoms with Gasteiger partial charge in [0.2, 0.25) is 0 Å². The van der Waals surface area contributed by atoms with E-state index in [1.165, 1.54) is 17.4 Å². The van der Waals surface area contributed by atoms with Crippen molar-refractivity contribution in [2.75, 3.05) is 0 Å². The first kappa shape index (κ1) is 26.3. The minimum atomic E-state index is -1.16. The van der Waals surface area contributed by atoms with Gasteiger partial charge in [-0.15, -0.1) is 11.3 Å². The number of thiazole rings is 1. The van der Waals surface area contributed by atoms with Gasteiger partial charge in [0.25, 0.3) is 0 Å². The number of aliphatic hydroxyl groups is 1. The number of halogens is 2. The Morgan fingerprint density at radius 3 is 2.85 bits per heavy atom. The maximum atomic E-state index is 14.6. The number of carbonyl (C=O) groups is 1. The van der Waals surface area contributed by atoms with Crippen LogP contribution in [0.5, 0.6) is 0 Å². The predicted octanol–water partition coefficient (Wildman–Crippen LogP) is 7.58. The summed E-state index contributed by atoms with van der Waals surface area (Å²) in [5, 5.41) is 17.5. The lowest BCUT2D eigenvalue weighted by Gasteiger charge is -2.40. The summed E-state index contributed by atoms with van der Waals surface area (Å²) in [6, 6.07) is 8.66. The molecule has 2 bridgehead atoms. The summed E-state index contributed by atoms with van der Waals surface area (Å²) >= 11 is 7.89. The molecule has 3 fully saturated rings. The molecule has 0 aliphatic heterocycles. The van der Waals surface area contributed by atoms with E-state index in [1.807, 2.05) is 25.1 Å². The van der Waals surface area contributed by atoms with Crippen LogP contribution in [0.3, 0.4) is 0 Å². The Kier molecular flexibility index (Phi) is 6.38. The van der Waals surface area contributed by atoms with E-state index in [4.69, 9.17) is 20.9 Å². The predicted molar refractivity (Wildman–Crippen MR) is 151 cm³/mol. The van der Waals surface area contributed by atoms with Gasteiger partial charge in [0.1, 0.15) is 33.9 Å². The maximum Gasteiger partial charge on any atom is 0.151 e. The summed E-state index contributed by atoms with van der Waals surface area (Å²) in [4.78, 5) is 15.7. The van der Waals surface area contributed by atoms with Gasteiger partial charge in [-0.1, -0.05) is 35.8 Å². The second-order valence-corrected chi connectivity index (χ2v) is 13.4. The average Bonchev–Trinajstić information content (AvgIpc) is 3.46. The standard InChI is InChI=1S/C31H30ClFN2O4S/c1-15-4-3-5-22(32)25(15)26-21(29(39-35-26)18-6-7-18)14-38-28-19-8-16(2)20(28)12-31(37,11-19)30-34-27-23(33)9-17(13-36)10-24(27)40-30/h3-5,9-10,13,16,18-20,28,37H,6-8,11-12,14H2,1-2H3/t16-,19?,20?,28?,31?/m0/s1. The number of fused-ring (bicyclic) bond motifs is 3. The molecular weight excluding hydrogens is 551 g/mol. The number of aldehydes is 1. The van der Waals surface area contributed by atoms with Crippen molar-refractivity contribution in [3.63, 3.8) is 0 Å². The fourth-order valence-corrected chi connectivity index (χ4v) is 8.48. The van der Waals surface area contributed by atoms with E-state index < -0.39 is 11.4 Å². The number of nitrogens with zero attached hydrogens (tertiary/aromatic N) is 2. The van der Waals surface area contributed by atoms with E-state index in [0.717, 1.165) is 47.4 Å². The largest absolute Gasteiger partial charge is 0.383 e. The number of aryl methyl sites for hydroxylation is 1. The second kappa shape index (κ2) is 9.72. The van der Waals surface area contributed by atoms with Crippen LogP contribution in [0.1, 0.15) is 77.2 Å². The van der Waals surface area contributed by atoms with Gasteiger partial charge >= 0.3 is 0 Å². The van der Waals surface area contributed by atoms with Crippen LogP contribution >= 0.6 is 22.9 Å². The molecule has 9 heteroatoms. The Balaban J connectivity index is 1.16. The van der Waals surface area contributed by atoms with Gasteiger partial charge in [-0.3, -0.25) is 4.79 Å². The molecule has 0 saturated heterocycles. The lowest BCUT2D eigenvalue weighted by Crippen LogP contribution is -2.42. The van der Waals surface area contributed by atoms with Gasteiger partial charge in [0, 0.05) is 22.6 Å². The Morgan fingerprint density at radius 1 is 1.30 bits per heavy atom. The molecule has 2 aromatic heterocycles. The van der Waals surface area contributed by atoms with Crippen LogP contribution in [0.2, 0.25) is 5.02 Å². The Labute approximate surface area is 240 Å². The molecule has 40 heavy (non-hydrogen) atoms. The van der Waals surface area contributed by atoms with Crippen molar-refractivity contribution in [1.29, 1.82) is 0 Å². The smallest absolute Gasteiger partial charge is 0.151 e. The number of hydrogen-bond donors (Lipinski definition) is 1. The number of ether oxygens (including phenoxy) is 1. The van der Waals surface area contributed by atoms with E-state index in [1.54, 1.807) is 6.07 Å². The number of benzene rings is 2. The van der Waals surface area contributed by atoms with E-state index in [2.05, 4.69) is 17.1 Å². The molecule has 0 amide bonds. The van der Waals surface area contributed by atoms with Gasteiger partial charge in [0.15, 0.2) is 5.82 Å². The zero-order valence-electron chi connectivity index (χ0n) is 22.3. The summed E-state index contributed by atoms with van der Waals surface area (Å²) in [5.74, 6) is 1.36. The number of aromatic nitrogens is 2. The van der Waals surface area contributed by atoms with E-state index in [-0.39, 0.29) is 29.0 Å². The van der Waals surface area contributed by atoms with Crippen molar-refractivity contribution in [2.24, 2.45) is 17.8 Å². The fourth-order valence-electron chi connectivity index (χ4n) is 7.03. The molecule has 208 valence electrons. The highest BCUT2D eigenvalue weighted by Gasteiger charge is 2.54. The summed E-state index contributed by atoms with van der Waals surface area (Å²) in [6.45, 7) is 4.61. The van der Waals surface area contributed by atoms with Gasteiger partial charge < -0.3 is 14.4 Å². The minimum absolute atomic E-state index is 0.0230. The summed E-state index contributed by atoms with van der Waals surface area (Å²) in [7, 11) is 0. The van der Waals surface area contributed by atoms with Gasteiger partial charge in [-0.2, -0.15) is 0 Å². The van der Waals surface area contributed by atoms with Crippen molar-refractivity contribution >= 4 is 39.4 Å². The van der Waals surface area contributed by atoms with Crippen molar-refractivity contribution in [3.05, 3.63) is 68.6 Å². The molecule has 4 unspecified atom stereocenters. The summed E-state index contributed by atoms with van der Waals surface area (Å²) < 4.78 is 27.8. The zero-order chi connectivity index (χ0) is 27.8. The van der Waals surface area contributed by atoms with Crippen LogP contribution in [-0.4, -0.2) is 27.6 Å². The molecule has 0 spiro atoms. The molecule has 2 aromatic carbocycles. The third-order valence-electron chi connectivity index (χ3n) is 9.12. The molecule has 4 aromatic rings. The molecule has 1 N–H and O–H groups in total. The van der Waals surface area contributed by atoms with Crippen molar-refractivity contribution in [3.8, 4) is 11.3 Å². The third kappa shape index (κ3) is 4.31. The van der Waals surface area contributed by atoms with Gasteiger partial charge in [-0.05, 0) is 80.5 Å². The third-order valence-corrected chi connectivity index (χ3v) is 10.6. The lowest BCUT2D eigenvalue weighted by molar-refractivity contribution is -0.109. The van der Waals surface area contributed by atoms with E-state index >= 15 is 0 Å². The lowest BCUT2D eigenvalue weighted by atomic mass is 9.75. The highest BCUT2D eigenvalue weighted by atomic mass is 35.5. The topological polar surface area (TPSA) is 85.5 Å². The molecular formula is C31H30ClFN2O4S. The molecule has 3 aliphatic carbocycles. The first-order valence-corrected chi connectivity index (χ1v) is 15.1. The van der Waals surface area contributed by atoms with Crippen LogP contribution < -0.4 is 0 Å². The Hall–Kier alpha value is -2.65. The summed E-state index contributed by atoms with van der Waals surface area (Å²) in [5.41, 5.74) is 2.96. The zero-order valence-corrected chi connectivity index (χ0v) is 23.9. The first-order valence-electron chi connectivity index (χ1n) is 13.9. The van der Waals surface area contributed by atoms with Crippen LogP contribution in [-0.2, 0) is 16.9 Å². The summed E-state index contributed by atoms with van der Waals surface area (Å²) in [6.07, 6.45) is 4.71. The van der Waals surface area contributed by atoms with Crippen LogP contribution in [0, 0.1) is 30.5 Å². The van der Waals surface area contributed by atoms with E-state index in [0.29, 0.717) is 52.3 Å². The van der Waals surface area contributed by atoms with Crippen molar-refractivity contribution in [1.82, 2.24) is 10.1 Å². The highest BCUT2D eigenvalue weighted by Crippen LogP contribution is 2.55. The van der Waals surface area contributed by atoms with E-state index in [9.17, 15) is 14.3 Å². The quantitative estimate of drug-likeness (QED) is 0.227. The molecule has 6 nitrogen and oxygen atoms in total. The molecule has 3 aliphatic rings. The second-order valence-electron chi connectivity index (χ2n) is 11.9. The molecule has 3 saturated carbocycles. The van der Waals surface area contributed by atoms with Crippen molar-refractivity contribution < 1.29 is 23.6 Å². The number of rotatable bonds is 7. The van der Waals surface area contributed by atoms with Crippen LogP contribution in [0.4, 0.5) is 4.39 Å². The highest BCUT2D eigenvalue weighted by molar-refractivity contribution is 7.18. The molecule has 2 heterocycles. The minimum Gasteiger partial charge on any atom is -0.383 e. The Morgan fingerprint density at radius 2 is 2.12 bits per heavy atom. The molecule has 5 atom stereocenters. The fraction of sp³-hybridized carbons (Fsp3) is 0.452. The molecule has 0 radical (unpaired) electrons. The first-order chi connectivity index (χ1) is 19.3. The van der Waals surface area contributed by atoms with Crippen LogP contribution in [0.25, 0.3) is 21.5 Å². The normalized spacial score (nSPS) is 27.9. The molecule has 7 rings (SSSR count). The number of carbonyl (C=O) groups excluding carboxylic acids is 1.